The van der Waals surface area contributed by atoms with E-state index in [9.17, 15) is 9.90 Å². The highest BCUT2D eigenvalue weighted by Crippen LogP contribution is 2.25. The Hall–Kier alpha value is -2.33. The van der Waals surface area contributed by atoms with Crippen LogP contribution >= 0.6 is 0 Å². The van der Waals surface area contributed by atoms with Crippen LogP contribution in [0.25, 0.3) is 0 Å². The van der Waals surface area contributed by atoms with Gasteiger partial charge in [-0.3, -0.25) is 4.79 Å². The second-order valence-corrected chi connectivity index (χ2v) is 5.79. The maximum Gasteiger partial charge on any atom is 0.251 e. The Balaban J connectivity index is 2.12. The molecule has 0 saturated heterocycles. The van der Waals surface area contributed by atoms with E-state index in [1.165, 1.54) is 0 Å². The summed E-state index contributed by atoms with van der Waals surface area (Å²) in [5.74, 6) is 0.624. The fraction of sp³-hybridized carbons (Fsp3) is 0.350. The fourth-order valence-corrected chi connectivity index (χ4v) is 2.58. The van der Waals surface area contributed by atoms with E-state index in [0.29, 0.717) is 11.3 Å². The lowest BCUT2D eigenvalue weighted by molar-refractivity contribution is 0.0934. The topological polar surface area (TPSA) is 58.6 Å². The van der Waals surface area contributed by atoms with Crippen LogP contribution in [0.3, 0.4) is 0 Å². The van der Waals surface area contributed by atoms with Crippen molar-refractivity contribution in [1.82, 2.24) is 5.32 Å². The molecule has 0 aliphatic rings. The Morgan fingerprint density at radius 3 is 2.33 bits per heavy atom. The smallest absolute Gasteiger partial charge is 0.251 e. The third-order valence-corrected chi connectivity index (χ3v) is 4.22. The van der Waals surface area contributed by atoms with Gasteiger partial charge in [0.1, 0.15) is 11.9 Å². The Morgan fingerprint density at radius 1 is 1.08 bits per heavy atom. The van der Waals surface area contributed by atoms with Crippen LogP contribution < -0.4 is 10.1 Å². The van der Waals surface area contributed by atoms with E-state index in [-0.39, 0.29) is 11.9 Å². The summed E-state index contributed by atoms with van der Waals surface area (Å²) < 4.78 is 5.19. The Morgan fingerprint density at radius 2 is 1.75 bits per heavy atom. The van der Waals surface area contributed by atoms with Gasteiger partial charge in [-0.05, 0) is 48.2 Å². The lowest BCUT2D eigenvalue weighted by atomic mass is 10.00. The van der Waals surface area contributed by atoms with Crippen molar-refractivity contribution in [1.29, 1.82) is 0 Å². The maximum absolute atomic E-state index is 12.2. The van der Waals surface area contributed by atoms with Gasteiger partial charge in [-0.2, -0.15) is 0 Å². The van der Waals surface area contributed by atoms with Gasteiger partial charge in [0.15, 0.2) is 0 Å². The van der Waals surface area contributed by atoms with Crippen LogP contribution in [0.15, 0.2) is 48.5 Å². The van der Waals surface area contributed by atoms with Crippen LogP contribution in [-0.2, 0) is 0 Å². The molecular weight excluding hydrogens is 302 g/mol. The summed E-state index contributed by atoms with van der Waals surface area (Å²) in [6.45, 7) is 4.12. The van der Waals surface area contributed by atoms with E-state index in [4.69, 9.17) is 4.74 Å². The number of aliphatic hydroxyl groups is 1. The Labute approximate surface area is 143 Å². The van der Waals surface area contributed by atoms with Crippen LogP contribution in [-0.4, -0.2) is 24.2 Å². The molecule has 4 nitrogen and oxygen atoms in total. The molecule has 0 aliphatic heterocycles. The van der Waals surface area contributed by atoms with Crippen molar-refractivity contribution in [2.24, 2.45) is 0 Å². The van der Waals surface area contributed by atoms with E-state index in [0.717, 1.165) is 24.0 Å². The molecule has 0 fully saturated rings. The monoisotopic (exact) mass is 327 g/mol. The number of carbonyl (C=O) groups is 1. The molecule has 0 saturated carbocycles. The van der Waals surface area contributed by atoms with Gasteiger partial charge < -0.3 is 15.2 Å². The summed E-state index contributed by atoms with van der Waals surface area (Å²) >= 11 is 0. The molecule has 2 N–H and O–H groups in total. The highest BCUT2D eigenvalue weighted by Gasteiger charge is 2.14. The fourth-order valence-electron chi connectivity index (χ4n) is 2.58. The molecule has 0 radical (unpaired) electrons. The SMILES string of the molecule is CCC(CC)NC(=O)c1ccc(C(O)c2cccc(OC)c2)cc1. The van der Waals surface area contributed by atoms with Crippen molar-refractivity contribution in [3.63, 3.8) is 0 Å². The lowest BCUT2D eigenvalue weighted by Crippen LogP contribution is -2.33. The van der Waals surface area contributed by atoms with Crippen molar-refractivity contribution in [3.8, 4) is 5.75 Å². The predicted octanol–water partition coefficient (Wildman–Crippen LogP) is 3.70. The van der Waals surface area contributed by atoms with Crippen LogP contribution in [0.5, 0.6) is 5.75 Å². The van der Waals surface area contributed by atoms with Gasteiger partial charge in [-0.15, -0.1) is 0 Å². The Kier molecular flexibility index (Phi) is 6.38. The van der Waals surface area contributed by atoms with Gasteiger partial charge in [-0.25, -0.2) is 0 Å². The first-order valence-electron chi connectivity index (χ1n) is 8.31. The number of benzene rings is 2. The van der Waals surface area contributed by atoms with Crippen LogP contribution in [0.2, 0.25) is 0 Å². The number of rotatable bonds is 7. The molecular formula is C20H25NO3. The van der Waals surface area contributed by atoms with Crippen molar-refractivity contribution in [2.75, 3.05) is 7.11 Å². The van der Waals surface area contributed by atoms with Crippen molar-refractivity contribution in [3.05, 3.63) is 65.2 Å². The molecule has 2 rings (SSSR count). The summed E-state index contributed by atoms with van der Waals surface area (Å²) in [7, 11) is 1.60. The molecule has 128 valence electrons. The number of carbonyl (C=O) groups excluding carboxylic acids is 1. The molecule has 0 aliphatic carbocycles. The molecule has 1 atom stereocenters. The molecule has 24 heavy (non-hydrogen) atoms. The quantitative estimate of drug-likeness (QED) is 0.815. The molecule has 1 unspecified atom stereocenters. The third-order valence-electron chi connectivity index (χ3n) is 4.22. The van der Waals surface area contributed by atoms with Crippen molar-refractivity contribution >= 4 is 5.91 Å². The number of ether oxygens (including phenoxy) is 1. The van der Waals surface area contributed by atoms with E-state index in [1.807, 2.05) is 18.2 Å². The molecule has 0 spiro atoms. The number of hydrogen-bond donors (Lipinski definition) is 2. The minimum atomic E-state index is -0.753. The van der Waals surface area contributed by atoms with E-state index >= 15 is 0 Å². The first-order valence-corrected chi connectivity index (χ1v) is 8.31. The molecule has 2 aromatic rings. The zero-order chi connectivity index (χ0) is 17.5. The van der Waals surface area contributed by atoms with Gasteiger partial charge in [0.25, 0.3) is 5.91 Å². The zero-order valence-corrected chi connectivity index (χ0v) is 14.5. The summed E-state index contributed by atoms with van der Waals surface area (Å²) in [5.41, 5.74) is 2.09. The highest BCUT2D eigenvalue weighted by atomic mass is 16.5. The first kappa shape index (κ1) is 18.0. The standard InChI is InChI=1S/C20H25NO3/c1-4-17(5-2)21-20(23)15-11-9-14(10-12-15)19(22)16-7-6-8-18(13-16)24-3/h6-13,17,19,22H,4-5H2,1-3H3,(H,21,23). The van der Waals surface area contributed by atoms with Gasteiger partial charge in [0.05, 0.1) is 7.11 Å². The lowest BCUT2D eigenvalue weighted by Gasteiger charge is -2.16. The van der Waals surface area contributed by atoms with E-state index in [2.05, 4.69) is 19.2 Å². The number of aliphatic hydroxyl groups excluding tert-OH is 1. The first-order chi connectivity index (χ1) is 11.6. The van der Waals surface area contributed by atoms with Crippen LogP contribution in [0.1, 0.15) is 54.3 Å². The summed E-state index contributed by atoms with van der Waals surface area (Å²) in [5, 5.41) is 13.5. The molecule has 0 bridgehead atoms. The summed E-state index contributed by atoms with van der Waals surface area (Å²) in [4.78, 5) is 12.2. The highest BCUT2D eigenvalue weighted by molar-refractivity contribution is 5.94. The average molecular weight is 327 g/mol. The molecule has 2 aromatic carbocycles. The van der Waals surface area contributed by atoms with Crippen molar-refractivity contribution < 1.29 is 14.6 Å². The van der Waals surface area contributed by atoms with Crippen LogP contribution in [0, 0.1) is 0 Å². The number of amides is 1. The van der Waals surface area contributed by atoms with Gasteiger partial charge in [0.2, 0.25) is 0 Å². The second kappa shape index (κ2) is 8.50. The minimum Gasteiger partial charge on any atom is -0.497 e. The number of methoxy groups -OCH3 is 1. The molecule has 4 heteroatoms. The largest absolute Gasteiger partial charge is 0.497 e. The van der Waals surface area contributed by atoms with Gasteiger partial charge in [-0.1, -0.05) is 38.1 Å². The third kappa shape index (κ3) is 4.36. The van der Waals surface area contributed by atoms with Gasteiger partial charge >= 0.3 is 0 Å². The van der Waals surface area contributed by atoms with Crippen LogP contribution in [0.4, 0.5) is 0 Å². The normalized spacial score (nSPS) is 12.0. The predicted molar refractivity (Wildman–Crippen MR) is 95.3 cm³/mol. The number of nitrogens with one attached hydrogen (secondary N) is 1. The Bertz CT molecular complexity index is 663. The summed E-state index contributed by atoms with van der Waals surface area (Å²) in [6.07, 6.45) is 1.07. The second-order valence-electron chi connectivity index (χ2n) is 5.79. The molecule has 1 amide bonds. The van der Waals surface area contributed by atoms with E-state index < -0.39 is 6.10 Å². The van der Waals surface area contributed by atoms with Crippen molar-refractivity contribution in [2.45, 2.75) is 38.8 Å². The summed E-state index contributed by atoms with van der Waals surface area (Å²) in [6, 6.07) is 14.6. The molecule has 0 heterocycles. The average Bonchev–Trinajstić information content (AvgIpc) is 2.65. The zero-order valence-electron chi connectivity index (χ0n) is 14.5. The maximum atomic E-state index is 12.2. The number of hydrogen-bond acceptors (Lipinski definition) is 3. The minimum absolute atomic E-state index is 0.0777. The van der Waals surface area contributed by atoms with Gasteiger partial charge in [0, 0.05) is 11.6 Å². The molecule has 0 aromatic heterocycles. The van der Waals surface area contributed by atoms with E-state index in [1.54, 1.807) is 37.4 Å².